The minimum Gasteiger partial charge on any atom is -0.341 e. The molecule has 0 aliphatic carbocycles. The zero-order valence-corrected chi connectivity index (χ0v) is 14.9. The summed E-state index contributed by atoms with van der Waals surface area (Å²) in [6, 6.07) is 3.03. The summed E-state index contributed by atoms with van der Waals surface area (Å²) in [6.07, 6.45) is 4.43. The Hall–Kier alpha value is -1.44. The predicted octanol–water partition coefficient (Wildman–Crippen LogP) is 2.51. The number of aromatic nitrogens is 2. The van der Waals surface area contributed by atoms with Crippen LogP contribution in [0.15, 0.2) is 21.3 Å². The lowest BCUT2D eigenvalue weighted by atomic mass is 10.1. The van der Waals surface area contributed by atoms with Crippen LogP contribution in [0.4, 0.5) is 0 Å². The number of nitrogens with zero attached hydrogens (tertiary/aromatic N) is 3. The fourth-order valence-corrected chi connectivity index (χ4v) is 4.04. The molecule has 4 heterocycles. The van der Waals surface area contributed by atoms with Crippen LogP contribution < -0.4 is 5.32 Å². The minimum atomic E-state index is 0. The summed E-state index contributed by atoms with van der Waals surface area (Å²) >= 11 is 1.60. The monoisotopic (exact) mass is 368 g/mol. The molecule has 2 fully saturated rings. The van der Waals surface area contributed by atoms with Crippen molar-refractivity contribution in [1.82, 2.24) is 20.4 Å². The summed E-state index contributed by atoms with van der Waals surface area (Å²) in [5.74, 6) is 1.33. The van der Waals surface area contributed by atoms with Gasteiger partial charge in [-0.05, 0) is 30.7 Å². The number of nitrogens with one attached hydrogen (secondary N) is 1. The van der Waals surface area contributed by atoms with E-state index in [2.05, 4.69) is 15.5 Å². The number of thiophene rings is 1. The van der Waals surface area contributed by atoms with Crippen LogP contribution in [0.2, 0.25) is 0 Å². The average molecular weight is 369 g/mol. The van der Waals surface area contributed by atoms with E-state index in [1.807, 2.05) is 21.7 Å². The average Bonchev–Trinajstić information content (AvgIpc) is 3.25. The summed E-state index contributed by atoms with van der Waals surface area (Å²) in [7, 11) is 0. The molecule has 2 unspecified atom stereocenters. The zero-order valence-electron chi connectivity index (χ0n) is 13.3. The van der Waals surface area contributed by atoms with Gasteiger partial charge in [0.2, 0.25) is 17.6 Å². The van der Waals surface area contributed by atoms with Crippen LogP contribution in [0.1, 0.15) is 31.6 Å². The number of hydrogen-bond donors (Lipinski definition) is 1. The van der Waals surface area contributed by atoms with Crippen molar-refractivity contribution in [2.45, 2.75) is 44.2 Å². The maximum atomic E-state index is 12.4. The van der Waals surface area contributed by atoms with Crippen LogP contribution in [0.5, 0.6) is 0 Å². The van der Waals surface area contributed by atoms with Crippen molar-refractivity contribution < 1.29 is 9.32 Å². The molecular formula is C16H21ClN4O2S. The maximum Gasteiger partial charge on any atom is 0.227 e. The molecule has 24 heavy (non-hydrogen) atoms. The van der Waals surface area contributed by atoms with E-state index in [0.29, 0.717) is 36.6 Å². The van der Waals surface area contributed by atoms with Crippen molar-refractivity contribution >= 4 is 29.7 Å². The highest BCUT2D eigenvalue weighted by molar-refractivity contribution is 7.08. The molecule has 2 aliphatic heterocycles. The van der Waals surface area contributed by atoms with Crippen molar-refractivity contribution in [3.8, 4) is 11.4 Å². The van der Waals surface area contributed by atoms with E-state index < -0.39 is 0 Å². The number of carbonyl (C=O) groups excluding carboxylic acids is 1. The third-order valence-electron chi connectivity index (χ3n) is 4.68. The van der Waals surface area contributed by atoms with E-state index >= 15 is 0 Å². The van der Waals surface area contributed by atoms with Gasteiger partial charge >= 0.3 is 0 Å². The van der Waals surface area contributed by atoms with Crippen LogP contribution in [-0.2, 0) is 11.2 Å². The van der Waals surface area contributed by atoms with Gasteiger partial charge in [-0.2, -0.15) is 16.3 Å². The van der Waals surface area contributed by atoms with Crippen molar-refractivity contribution in [1.29, 1.82) is 0 Å². The first-order valence-corrected chi connectivity index (χ1v) is 9.11. The van der Waals surface area contributed by atoms with Crippen molar-refractivity contribution in [2.24, 2.45) is 0 Å². The number of amides is 1. The van der Waals surface area contributed by atoms with Crippen LogP contribution in [0, 0.1) is 0 Å². The summed E-state index contributed by atoms with van der Waals surface area (Å²) in [5, 5.41) is 11.5. The van der Waals surface area contributed by atoms with Crippen LogP contribution in [-0.4, -0.2) is 46.1 Å². The van der Waals surface area contributed by atoms with Gasteiger partial charge < -0.3 is 14.7 Å². The second-order valence-corrected chi connectivity index (χ2v) is 7.07. The number of fused-ring (bicyclic) bond motifs is 2. The first-order valence-electron chi connectivity index (χ1n) is 8.17. The van der Waals surface area contributed by atoms with Crippen LogP contribution in [0.3, 0.4) is 0 Å². The Bertz CT molecular complexity index is 675. The molecule has 0 saturated carbocycles. The first-order chi connectivity index (χ1) is 11.3. The van der Waals surface area contributed by atoms with Gasteiger partial charge in [-0.1, -0.05) is 5.16 Å². The molecule has 6 nitrogen and oxygen atoms in total. The Kier molecular flexibility index (Phi) is 5.53. The first kappa shape index (κ1) is 17.4. The van der Waals surface area contributed by atoms with Gasteiger partial charge in [0, 0.05) is 49.0 Å². The molecule has 4 rings (SSSR count). The van der Waals surface area contributed by atoms with E-state index in [0.717, 1.165) is 25.1 Å². The van der Waals surface area contributed by atoms with Gasteiger partial charge in [-0.3, -0.25) is 4.79 Å². The van der Waals surface area contributed by atoms with Crippen molar-refractivity contribution in [3.05, 3.63) is 22.7 Å². The third-order valence-corrected chi connectivity index (χ3v) is 5.36. The number of likely N-dealkylation sites (tertiary alicyclic amines) is 1. The number of carbonyl (C=O) groups is 1. The number of hydrogen-bond acceptors (Lipinski definition) is 6. The number of rotatable bonds is 4. The second kappa shape index (κ2) is 7.63. The maximum absolute atomic E-state index is 12.4. The Morgan fingerprint density at radius 3 is 3.08 bits per heavy atom. The topological polar surface area (TPSA) is 71.3 Å². The zero-order chi connectivity index (χ0) is 15.6. The smallest absolute Gasteiger partial charge is 0.227 e. The molecule has 130 valence electrons. The molecule has 1 amide bonds. The van der Waals surface area contributed by atoms with Crippen molar-refractivity contribution in [2.75, 3.05) is 13.1 Å². The molecule has 2 aromatic heterocycles. The standard InChI is InChI=1S/C16H20N4O2S.ClH/c21-15(20-7-5-12-1-2-13(9-20)17-12)4-3-14-18-16(19-22-14)11-6-8-23-10-11;/h6,8,10,12-13,17H,1-5,7,9H2;1H. The lowest BCUT2D eigenvalue weighted by Gasteiger charge is -2.24. The van der Waals surface area contributed by atoms with E-state index in [4.69, 9.17) is 4.52 Å². The molecule has 2 atom stereocenters. The molecule has 2 bridgehead atoms. The SMILES string of the molecule is Cl.O=C(CCc1nc(-c2ccsc2)no1)N1CCC2CCC(C1)N2. The second-order valence-electron chi connectivity index (χ2n) is 6.29. The third kappa shape index (κ3) is 3.79. The lowest BCUT2D eigenvalue weighted by Crippen LogP contribution is -2.39. The fraction of sp³-hybridized carbons (Fsp3) is 0.562. The normalized spacial score (nSPS) is 22.9. The van der Waals surface area contributed by atoms with E-state index in [-0.39, 0.29) is 18.3 Å². The minimum absolute atomic E-state index is 0. The molecule has 0 spiro atoms. The molecule has 0 radical (unpaired) electrons. The lowest BCUT2D eigenvalue weighted by molar-refractivity contribution is -0.131. The van der Waals surface area contributed by atoms with Gasteiger partial charge in [0.15, 0.2) is 0 Å². The summed E-state index contributed by atoms with van der Waals surface area (Å²) in [5.41, 5.74) is 0.964. The predicted molar refractivity (Wildman–Crippen MR) is 94.3 cm³/mol. The number of halogens is 1. The molecule has 2 aromatic rings. The van der Waals surface area contributed by atoms with Crippen LogP contribution in [0.25, 0.3) is 11.4 Å². The molecule has 8 heteroatoms. The van der Waals surface area contributed by atoms with Gasteiger partial charge in [0.1, 0.15) is 0 Å². The summed E-state index contributed by atoms with van der Waals surface area (Å²) < 4.78 is 5.26. The quantitative estimate of drug-likeness (QED) is 0.897. The Balaban J connectivity index is 0.00000169. The van der Waals surface area contributed by atoms with Gasteiger partial charge in [0.05, 0.1) is 0 Å². The van der Waals surface area contributed by atoms with Gasteiger partial charge in [-0.25, -0.2) is 0 Å². The van der Waals surface area contributed by atoms with E-state index in [9.17, 15) is 4.79 Å². The van der Waals surface area contributed by atoms with Crippen molar-refractivity contribution in [3.63, 3.8) is 0 Å². The van der Waals surface area contributed by atoms with E-state index in [1.54, 1.807) is 11.3 Å². The molecule has 2 saturated heterocycles. The molecular weight excluding hydrogens is 348 g/mol. The number of aryl methyl sites for hydroxylation is 1. The molecule has 2 aliphatic rings. The largest absolute Gasteiger partial charge is 0.341 e. The Labute approximate surface area is 151 Å². The van der Waals surface area contributed by atoms with Gasteiger partial charge in [-0.15, -0.1) is 12.4 Å². The molecule has 1 N–H and O–H groups in total. The highest BCUT2D eigenvalue weighted by Crippen LogP contribution is 2.22. The highest BCUT2D eigenvalue weighted by Gasteiger charge is 2.31. The highest BCUT2D eigenvalue weighted by atomic mass is 35.5. The van der Waals surface area contributed by atoms with Gasteiger partial charge in [0.25, 0.3) is 0 Å². The fourth-order valence-electron chi connectivity index (χ4n) is 3.41. The Morgan fingerprint density at radius 2 is 2.25 bits per heavy atom. The summed E-state index contributed by atoms with van der Waals surface area (Å²) in [6.45, 7) is 1.69. The summed E-state index contributed by atoms with van der Waals surface area (Å²) in [4.78, 5) is 18.8. The van der Waals surface area contributed by atoms with E-state index in [1.165, 1.54) is 12.8 Å². The Morgan fingerprint density at radius 1 is 1.38 bits per heavy atom. The molecule has 0 aromatic carbocycles. The van der Waals surface area contributed by atoms with Crippen LogP contribution >= 0.6 is 23.7 Å².